The van der Waals surface area contributed by atoms with E-state index in [1.165, 1.54) is 0 Å². The molecule has 6 heteroatoms. The van der Waals surface area contributed by atoms with E-state index in [1.54, 1.807) is 13.1 Å². The van der Waals surface area contributed by atoms with Crippen molar-refractivity contribution in [1.29, 1.82) is 0 Å². The van der Waals surface area contributed by atoms with Crippen LogP contribution in [0.15, 0.2) is 23.3 Å². The fraction of sp³-hybridized carbons (Fsp3) is 0.308. The maximum Gasteiger partial charge on any atom is 0.190 e. The molecule has 0 unspecified atom stereocenters. The lowest BCUT2D eigenvalue weighted by Gasteiger charge is -2.08. The molecule has 3 N–H and O–H groups in total. The van der Waals surface area contributed by atoms with Gasteiger partial charge in [-0.3, -0.25) is 4.99 Å². The SMILES string of the molecule is CN=C(NC)NCCc1c[nH]c2cc(Cl)cc(Cl)c12. The van der Waals surface area contributed by atoms with Crippen LogP contribution in [0, 0.1) is 0 Å². The highest BCUT2D eigenvalue weighted by Crippen LogP contribution is 2.30. The summed E-state index contributed by atoms with van der Waals surface area (Å²) in [7, 11) is 3.57. The average Bonchev–Trinajstić information content (AvgIpc) is 2.78. The Kier molecular flexibility index (Phi) is 4.56. The zero-order valence-electron chi connectivity index (χ0n) is 10.8. The van der Waals surface area contributed by atoms with Crippen LogP contribution in [0.1, 0.15) is 5.56 Å². The van der Waals surface area contributed by atoms with E-state index in [0.29, 0.717) is 10.0 Å². The molecule has 2 rings (SSSR count). The maximum atomic E-state index is 6.24. The molecule has 0 fully saturated rings. The second-order valence-electron chi connectivity index (χ2n) is 4.12. The molecule has 1 aromatic heterocycles. The van der Waals surface area contributed by atoms with E-state index in [4.69, 9.17) is 23.2 Å². The second kappa shape index (κ2) is 6.17. The Morgan fingerprint density at radius 1 is 1.37 bits per heavy atom. The van der Waals surface area contributed by atoms with Gasteiger partial charge in [0.05, 0.1) is 5.02 Å². The zero-order chi connectivity index (χ0) is 13.8. The van der Waals surface area contributed by atoms with Crippen LogP contribution >= 0.6 is 23.2 Å². The molecule has 0 aliphatic rings. The van der Waals surface area contributed by atoms with E-state index in [9.17, 15) is 0 Å². The molecule has 19 heavy (non-hydrogen) atoms. The molecular weight excluding hydrogens is 283 g/mol. The molecule has 0 atom stereocenters. The van der Waals surface area contributed by atoms with Crippen molar-refractivity contribution in [3.63, 3.8) is 0 Å². The monoisotopic (exact) mass is 298 g/mol. The largest absolute Gasteiger partial charge is 0.361 e. The van der Waals surface area contributed by atoms with Gasteiger partial charge in [0.1, 0.15) is 0 Å². The lowest BCUT2D eigenvalue weighted by Crippen LogP contribution is -2.35. The Morgan fingerprint density at radius 2 is 2.16 bits per heavy atom. The van der Waals surface area contributed by atoms with Gasteiger partial charge in [-0.2, -0.15) is 0 Å². The van der Waals surface area contributed by atoms with Crippen molar-refractivity contribution >= 4 is 40.1 Å². The number of halogens is 2. The minimum atomic E-state index is 0.639. The summed E-state index contributed by atoms with van der Waals surface area (Å²) in [6.45, 7) is 0.777. The van der Waals surface area contributed by atoms with Crippen LogP contribution in [0.2, 0.25) is 10.0 Å². The van der Waals surface area contributed by atoms with Crippen LogP contribution in [0.5, 0.6) is 0 Å². The highest BCUT2D eigenvalue weighted by molar-refractivity contribution is 6.38. The number of rotatable bonds is 3. The van der Waals surface area contributed by atoms with Gasteiger partial charge >= 0.3 is 0 Å². The normalized spacial score (nSPS) is 11.9. The maximum absolute atomic E-state index is 6.24. The predicted molar refractivity (Wildman–Crippen MR) is 82.4 cm³/mol. The quantitative estimate of drug-likeness (QED) is 0.603. The smallest absolute Gasteiger partial charge is 0.190 e. The van der Waals surface area contributed by atoms with Gasteiger partial charge in [0.2, 0.25) is 0 Å². The van der Waals surface area contributed by atoms with Crippen molar-refractivity contribution in [2.45, 2.75) is 6.42 Å². The fourth-order valence-corrected chi connectivity index (χ4v) is 2.66. The molecule has 0 spiro atoms. The van der Waals surface area contributed by atoms with Gasteiger partial charge in [0.25, 0.3) is 0 Å². The summed E-state index contributed by atoms with van der Waals surface area (Å²) in [6.07, 6.45) is 2.82. The number of benzene rings is 1. The molecule has 0 amide bonds. The van der Waals surface area contributed by atoms with Crippen molar-refractivity contribution in [3.8, 4) is 0 Å². The van der Waals surface area contributed by atoms with Crippen LogP contribution in [0.25, 0.3) is 10.9 Å². The third kappa shape index (κ3) is 3.14. The third-order valence-corrected chi connectivity index (χ3v) is 3.44. The number of hydrogen-bond acceptors (Lipinski definition) is 1. The highest BCUT2D eigenvalue weighted by Gasteiger charge is 2.09. The topological polar surface area (TPSA) is 52.2 Å². The summed E-state index contributed by atoms with van der Waals surface area (Å²) in [5, 5.41) is 8.53. The van der Waals surface area contributed by atoms with Gasteiger partial charge in [-0.25, -0.2) is 0 Å². The van der Waals surface area contributed by atoms with Crippen molar-refractivity contribution in [2.75, 3.05) is 20.6 Å². The number of nitrogens with zero attached hydrogens (tertiary/aromatic N) is 1. The molecule has 0 aliphatic heterocycles. The molecule has 0 bridgehead atoms. The summed E-state index contributed by atoms with van der Waals surface area (Å²) < 4.78 is 0. The highest BCUT2D eigenvalue weighted by atomic mass is 35.5. The van der Waals surface area contributed by atoms with Crippen LogP contribution in [0.4, 0.5) is 0 Å². The van der Waals surface area contributed by atoms with E-state index in [0.717, 1.165) is 35.4 Å². The van der Waals surface area contributed by atoms with E-state index in [2.05, 4.69) is 20.6 Å². The van der Waals surface area contributed by atoms with Gasteiger partial charge < -0.3 is 15.6 Å². The number of H-pyrrole nitrogens is 1. The molecular formula is C13H16Cl2N4. The first-order valence-corrected chi connectivity index (χ1v) is 6.74. The molecule has 102 valence electrons. The van der Waals surface area contributed by atoms with Crippen LogP contribution in [-0.4, -0.2) is 31.6 Å². The molecule has 2 aromatic rings. The van der Waals surface area contributed by atoms with E-state index in [1.807, 2.05) is 19.3 Å². The standard InChI is InChI=1S/C13H16Cl2N4/c1-16-13(17-2)18-4-3-8-7-19-11-6-9(14)5-10(15)12(8)11/h5-7,19H,3-4H2,1-2H3,(H2,16,17,18). The molecule has 0 radical (unpaired) electrons. The summed E-state index contributed by atoms with van der Waals surface area (Å²) >= 11 is 12.2. The van der Waals surface area contributed by atoms with Crippen LogP contribution in [-0.2, 0) is 6.42 Å². The minimum absolute atomic E-state index is 0.639. The molecule has 0 saturated carbocycles. The predicted octanol–water partition coefficient (Wildman–Crippen LogP) is 2.81. The number of aliphatic imine (C=N–C) groups is 1. The molecule has 1 heterocycles. The Balaban J connectivity index is 2.14. The summed E-state index contributed by atoms with van der Waals surface area (Å²) in [5.74, 6) is 0.772. The van der Waals surface area contributed by atoms with Crippen LogP contribution in [0.3, 0.4) is 0 Å². The molecule has 1 aromatic carbocycles. The fourth-order valence-electron chi connectivity index (χ4n) is 2.04. The van der Waals surface area contributed by atoms with Gasteiger partial charge in [0, 0.05) is 42.8 Å². The number of aromatic nitrogens is 1. The van der Waals surface area contributed by atoms with Crippen LogP contribution < -0.4 is 10.6 Å². The van der Waals surface area contributed by atoms with Crippen molar-refractivity contribution < 1.29 is 0 Å². The molecule has 4 nitrogen and oxygen atoms in total. The summed E-state index contributed by atoms with van der Waals surface area (Å²) in [6, 6.07) is 3.65. The lowest BCUT2D eigenvalue weighted by atomic mass is 10.1. The first kappa shape index (κ1) is 14.0. The summed E-state index contributed by atoms with van der Waals surface area (Å²) in [5.41, 5.74) is 2.13. The Hall–Kier alpha value is -1.39. The summed E-state index contributed by atoms with van der Waals surface area (Å²) in [4.78, 5) is 7.25. The van der Waals surface area contributed by atoms with Crippen molar-refractivity contribution in [2.24, 2.45) is 4.99 Å². The van der Waals surface area contributed by atoms with Gasteiger partial charge in [-0.15, -0.1) is 0 Å². The number of nitrogens with one attached hydrogen (secondary N) is 3. The first-order chi connectivity index (χ1) is 9.15. The number of fused-ring (bicyclic) bond motifs is 1. The second-order valence-corrected chi connectivity index (χ2v) is 4.97. The van der Waals surface area contributed by atoms with E-state index >= 15 is 0 Å². The number of hydrogen-bond donors (Lipinski definition) is 3. The van der Waals surface area contributed by atoms with Gasteiger partial charge in [-0.1, -0.05) is 23.2 Å². The average molecular weight is 299 g/mol. The van der Waals surface area contributed by atoms with Gasteiger partial charge in [-0.05, 0) is 24.1 Å². The van der Waals surface area contributed by atoms with Gasteiger partial charge in [0.15, 0.2) is 5.96 Å². The van der Waals surface area contributed by atoms with Crippen molar-refractivity contribution in [1.82, 2.24) is 15.6 Å². The zero-order valence-corrected chi connectivity index (χ0v) is 12.4. The molecule has 0 aliphatic carbocycles. The Bertz CT molecular complexity index is 604. The number of aromatic amines is 1. The molecule has 0 saturated heterocycles. The minimum Gasteiger partial charge on any atom is -0.361 e. The van der Waals surface area contributed by atoms with E-state index in [-0.39, 0.29) is 0 Å². The Labute approximate surface area is 122 Å². The lowest BCUT2D eigenvalue weighted by molar-refractivity contribution is 0.837. The first-order valence-electron chi connectivity index (χ1n) is 5.99. The van der Waals surface area contributed by atoms with E-state index < -0.39 is 0 Å². The number of guanidine groups is 1. The third-order valence-electron chi connectivity index (χ3n) is 2.93. The van der Waals surface area contributed by atoms with Crippen molar-refractivity contribution in [3.05, 3.63) is 33.9 Å². The Morgan fingerprint density at radius 3 is 2.84 bits per heavy atom.